The minimum Gasteiger partial charge on any atom is -0.436 e. The zero-order valence-electron chi connectivity index (χ0n) is 14.7. The van der Waals surface area contributed by atoms with E-state index in [0.29, 0.717) is 33.5 Å². The molecule has 136 valence electrons. The zero-order chi connectivity index (χ0) is 19.3. The van der Waals surface area contributed by atoms with E-state index in [0.717, 1.165) is 17.0 Å². The minimum atomic E-state index is -0.497. The maximum Gasteiger partial charge on any atom is 0.215 e. The number of halogens is 2. The Kier molecular flexibility index (Phi) is 4.00. The van der Waals surface area contributed by atoms with Crippen LogP contribution >= 0.6 is 11.6 Å². The van der Waals surface area contributed by atoms with E-state index in [4.69, 9.17) is 27.5 Å². The molecule has 3 heterocycles. The fraction of sp³-hybridized carbons (Fsp3) is 0.100. The van der Waals surface area contributed by atoms with Crippen LogP contribution in [-0.4, -0.2) is 9.97 Å². The second kappa shape index (κ2) is 6.25. The number of anilines is 2. The lowest BCUT2D eigenvalue weighted by atomic mass is 10.0. The van der Waals surface area contributed by atoms with Gasteiger partial charge in [-0.3, -0.25) is 9.97 Å². The topological polar surface area (TPSA) is 91.0 Å². The molecule has 0 bridgehead atoms. The van der Waals surface area contributed by atoms with Crippen molar-refractivity contribution in [3.63, 3.8) is 0 Å². The fourth-order valence-corrected chi connectivity index (χ4v) is 3.39. The van der Waals surface area contributed by atoms with Crippen molar-refractivity contribution >= 4 is 34.1 Å². The van der Waals surface area contributed by atoms with E-state index in [1.54, 1.807) is 12.3 Å². The molecule has 0 unspecified atom stereocenters. The molecular formula is C20H16ClFN4O. The molecule has 0 spiro atoms. The van der Waals surface area contributed by atoms with Crippen LogP contribution in [0, 0.1) is 19.7 Å². The average molecular weight is 383 g/mol. The van der Waals surface area contributed by atoms with Gasteiger partial charge in [0, 0.05) is 28.7 Å². The lowest BCUT2D eigenvalue weighted by Gasteiger charge is -2.09. The largest absolute Gasteiger partial charge is 0.436 e. The summed E-state index contributed by atoms with van der Waals surface area (Å²) in [5.41, 5.74) is 17.4. The number of furan rings is 1. The second-order valence-electron chi connectivity index (χ2n) is 6.37. The molecule has 5 nitrogen and oxygen atoms in total. The highest BCUT2D eigenvalue weighted by Crippen LogP contribution is 2.42. The standard InChI is InChI=1S/C20H16ClFN4O/c1-9-5-12(6-10(2)26-9)18-19-16(17(23)20(24)27-19)13(8-25-18)11-3-4-15(22)14(21)7-11/h3-8H,23-24H2,1-2H3. The Bertz CT molecular complexity index is 1180. The Hall–Kier alpha value is -3.12. The minimum absolute atomic E-state index is 0.0140. The molecule has 0 saturated heterocycles. The first kappa shape index (κ1) is 17.3. The highest BCUT2D eigenvalue weighted by Gasteiger charge is 2.20. The summed E-state index contributed by atoms with van der Waals surface area (Å²) in [6.45, 7) is 3.82. The Labute approximate surface area is 159 Å². The van der Waals surface area contributed by atoms with E-state index in [2.05, 4.69) is 9.97 Å². The van der Waals surface area contributed by atoms with E-state index in [1.165, 1.54) is 12.1 Å². The second-order valence-corrected chi connectivity index (χ2v) is 6.78. The van der Waals surface area contributed by atoms with E-state index in [1.807, 2.05) is 26.0 Å². The number of hydrogen-bond donors (Lipinski definition) is 2. The number of hydrogen-bond acceptors (Lipinski definition) is 5. The molecule has 0 aliphatic carbocycles. The van der Waals surface area contributed by atoms with Gasteiger partial charge in [0.05, 0.1) is 10.4 Å². The van der Waals surface area contributed by atoms with Crippen molar-refractivity contribution in [3.05, 3.63) is 58.8 Å². The van der Waals surface area contributed by atoms with Crippen LogP contribution in [0.5, 0.6) is 0 Å². The van der Waals surface area contributed by atoms with Crippen molar-refractivity contribution in [2.45, 2.75) is 13.8 Å². The summed E-state index contributed by atoms with van der Waals surface area (Å²) < 4.78 is 19.3. The van der Waals surface area contributed by atoms with Crippen molar-refractivity contribution in [2.24, 2.45) is 0 Å². The van der Waals surface area contributed by atoms with E-state index in [-0.39, 0.29) is 10.9 Å². The summed E-state index contributed by atoms with van der Waals surface area (Å²) >= 11 is 5.94. The summed E-state index contributed by atoms with van der Waals surface area (Å²) in [4.78, 5) is 8.96. The molecular weight excluding hydrogens is 367 g/mol. The Balaban J connectivity index is 2.03. The lowest BCUT2D eigenvalue weighted by Crippen LogP contribution is -1.94. The zero-order valence-corrected chi connectivity index (χ0v) is 15.4. The highest BCUT2D eigenvalue weighted by atomic mass is 35.5. The number of pyridine rings is 2. The van der Waals surface area contributed by atoms with Gasteiger partial charge >= 0.3 is 0 Å². The number of nitrogen functional groups attached to an aromatic ring is 2. The van der Waals surface area contributed by atoms with Crippen LogP contribution in [0.15, 0.2) is 40.9 Å². The first-order chi connectivity index (χ1) is 12.8. The van der Waals surface area contributed by atoms with Crippen LogP contribution in [-0.2, 0) is 0 Å². The van der Waals surface area contributed by atoms with E-state index < -0.39 is 5.82 Å². The molecule has 27 heavy (non-hydrogen) atoms. The number of rotatable bonds is 2. The lowest BCUT2D eigenvalue weighted by molar-refractivity contribution is 0.628. The molecule has 0 radical (unpaired) electrons. The number of nitrogens with two attached hydrogens (primary N) is 2. The normalized spacial score (nSPS) is 11.3. The quantitative estimate of drug-likeness (QED) is 0.501. The van der Waals surface area contributed by atoms with E-state index in [9.17, 15) is 4.39 Å². The molecule has 4 N–H and O–H groups in total. The van der Waals surface area contributed by atoms with Gasteiger partial charge in [-0.25, -0.2) is 4.39 Å². The molecule has 0 atom stereocenters. The number of fused-ring (bicyclic) bond motifs is 1. The summed E-state index contributed by atoms with van der Waals surface area (Å²) in [6, 6.07) is 8.26. The Morgan fingerprint density at radius 3 is 2.41 bits per heavy atom. The monoisotopic (exact) mass is 382 g/mol. The number of aromatic nitrogens is 2. The van der Waals surface area contributed by atoms with Crippen LogP contribution in [0.3, 0.4) is 0 Å². The van der Waals surface area contributed by atoms with Gasteiger partial charge in [-0.05, 0) is 43.7 Å². The average Bonchev–Trinajstić information content (AvgIpc) is 2.91. The van der Waals surface area contributed by atoms with Crippen molar-refractivity contribution in [1.29, 1.82) is 0 Å². The molecule has 0 saturated carbocycles. The number of nitrogens with zero attached hydrogens (tertiary/aromatic N) is 2. The molecule has 0 amide bonds. The van der Waals surface area contributed by atoms with Gasteiger partial charge in [0.1, 0.15) is 17.2 Å². The number of aryl methyl sites for hydroxylation is 2. The molecule has 0 aliphatic heterocycles. The van der Waals surface area contributed by atoms with Gasteiger partial charge in [0.25, 0.3) is 0 Å². The van der Waals surface area contributed by atoms with Gasteiger partial charge in [0.15, 0.2) is 5.58 Å². The molecule has 0 aliphatic rings. The molecule has 3 aromatic heterocycles. The molecule has 0 fully saturated rings. The summed E-state index contributed by atoms with van der Waals surface area (Å²) in [5.74, 6) is -0.389. The first-order valence-electron chi connectivity index (χ1n) is 8.22. The SMILES string of the molecule is Cc1cc(-c2ncc(-c3ccc(F)c(Cl)c3)c3c(N)c(N)oc23)cc(C)n1. The molecule has 4 rings (SSSR count). The maximum atomic E-state index is 13.6. The Morgan fingerprint density at radius 2 is 1.74 bits per heavy atom. The van der Waals surface area contributed by atoms with Gasteiger partial charge in [-0.15, -0.1) is 0 Å². The van der Waals surface area contributed by atoms with Crippen molar-refractivity contribution < 1.29 is 8.81 Å². The predicted octanol–water partition coefficient (Wildman–Crippen LogP) is 5.13. The summed E-state index contributed by atoms with van der Waals surface area (Å²) in [7, 11) is 0. The third-order valence-electron chi connectivity index (χ3n) is 4.37. The third kappa shape index (κ3) is 2.88. The summed E-state index contributed by atoms with van der Waals surface area (Å²) in [5, 5.41) is 0.632. The molecule has 7 heteroatoms. The van der Waals surface area contributed by atoms with Gasteiger partial charge in [-0.1, -0.05) is 17.7 Å². The van der Waals surface area contributed by atoms with Gasteiger partial charge < -0.3 is 15.9 Å². The van der Waals surface area contributed by atoms with Gasteiger partial charge in [0.2, 0.25) is 5.88 Å². The predicted molar refractivity (Wildman–Crippen MR) is 106 cm³/mol. The third-order valence-corrected chi connectivity index (χ3v) is 4.66. The van der Waals surface area contributed by atoms with Crippen LogP contribution in [0.2, 0.25) is 5.02 Å². The van der Waals surface area contributed by atoms with E-state index >= 15 is 0 Å². The number of benzene rings is 1. The Morgan fingerprint density at radius 1 is 1.04 bits per heavy atom. The van der Waals surface area contributed by atoms with Crippen molar-refractivity contribution in [3.8, 4) is 22.4 Å². The van der Waals surface area contributed by atoms with Crippen molar-refractivity contribution in [2.75, 3.05) is 11.5 Å². The highest BCUT2D eigenvalue weighted by molar-refractivity contribution is 6.31. The van der Waals surface area contributed by atoms with Crippen LogP contribution < -0.4 is 11.5 Å². The first-order valence-corrected chi connectivity index (χ1v) is 8.60. The fourth-order valence-electron chi connectivity index (χ4n) is 3.21. The summed E-state index contributed by atoms with van der Waals surface area (Å²) in [6.07, 6.45) is 1.66. The van der Waals surface area contributed by atoms with Crippen molar-refractivity contribution in [1.82, 2.24) is 9.97 Å². The van der Waals surface area contributed by atoms with Gasteiger partial charge in [-0.2, -0.15) is 0 Å². The van der Waals surface area contributed by atoms with Crippen LogP contribution in [0.4, 0.5) is 16.0 Å². The molecule has 4 aromatic rings. The van der Waals surface area contributed by atoms with Crippen LogP contribution in [0.25, 0.3) is 33.4 Å². The molecule has 1 aromatic carbocycles. The van der Waals surface area contributed by atoms with Crippen LogP contribution in [0.1, 0.15) is 11.4 Å². The maximum absolute atomic E-state index is 13.6. The smallest absolute Gasteiger partial charge is 0.215 e.